The van der Waals surface area contributed by atoms with Crippen LogP contribution in [-0.4, -0.2) is 114 Å². The lowest BCUT2D eigenvalue weighted by atomic mass is 9.83. The topological polar surface area (TPSA) is 182 Å². The van der Waals surface area contributed by atoms with Gasteiger partial charge in [-0.05, 0) is 82.0 Å². The van der Waals surface area contributed by atoms with Crippen molar-refractivity contribution >= 4 is 41.3 Å². The summed E-state index contributed by atoms with van der Waals surface area (Å²) in [5.74, 6) is -0.377. The third-order valence-electron chi connectivity index (χ3n) is 11.1. The Morgan fingerprint density at radius 1 is 0.656 bits per heavy atom. The molecule has 2 aliphatic heterocycles. The number of rotatable bonds is 20. The molecule has 0 aliphatic carbocycles. The van der Waals surface area contributed by atoms with Crippen molar-refractivity contribution < 1.29 is 47.2 Å². The van der Waals surface area contributed by atoms with Crippen LogP contribution in [-0.2, 0) is 8.85 Å². The van der Waals surface area contributed by atoms with Gasteiger partial charge in [0.05, 0.1) is 72.7 Å². The van der Waals surface area contributed by atoms with Gasteiger partial charge in [-0.15, -0.1) is 0 Å². The summed E-state index contributed by atoms with van der Waals surface area (Å²) in [6.45, 7) is 22.3. The van der Waals surface area contributed by atoms with E-state index in [9.17, 15) is 29.8 Å². The monoisotopic (exact) mass is 888 g/mol. The number of benzene rings is 2. The average Bonchev–Trinajstić information content (AvgIpc) is 3.87. The minimum Gasteiger partial charge on any atom is -0.496 e. The van der Waals surface area contributed by atoms with Gasteiger partial charge in [0.2, 0.25) is 11.5 Å². The molecule has 340 valence electrons. The summed E-state index contributed by atoms with van der Waals surface area (Å²) in [5.41, 5.74) is -0.941. The van der Waals surface area contributed by atoms with Crippen molar-refractivity contribution in [1.29, 1.82) is 0 Å². The highest BCUT2D eigenvalue weighted by Crippen LogP contribution is 2.41. The van der Waals surface area contributed by atoms with Crippen molar-refractivity contribution in [3.63, 3.8) is 0 Å². The first kappa shape index (κ1) is 49.4. The Hall–Kier alpha value is -4.27. The molecule has 2 fully saturated rings. The first-order valence-electron chi connectivity index (χ1n) is 21.5. The molecule has 3 unspecified atom stereocenters. The predicted molar refractivity (Wildman–Crippen MR) is 239 cm³/mol. The zero-order chi connectivity index (χ0) is 45.4. The molecule has 18 heteroatoms. The molecule has 0 aromatic heterocycles. The Bertz CT molecular complexity index is 1730. The van der Waals surface area contributed by atoms with Crippen molar-refractivity contribution in [3.8, 4) is 23.0 Å². The molecular formula is C43H68N4O12Si2. The molecular weight excluding hydrogens is 821 g/mol. The summed E-state index contributed by atoms with van der Waals surface area (Å²) < 4.78 is 35.9. The second kappa shape index (κ2) is 21.2. The molecule has 2 amide bonds. The van der Waals surface area contributed by atoms with Gasteiger partial charge in [-0.3, -0.25) is 29.8 Å². The number of hydrogen-bond acceptors (Lipinski definition) is 12. The Morgan fingerprint density at radius 3 is 1.31 bits per heavy atom. The lowest BCUT2D eigenvalue weighted by Crippen LogP contribution is -2.50. The third-order valence-corrected chi connectivity index (χ3v) is 12.8. The minimum absolute atomic E-state index is 0.0184. The van der Waals surface area contributed by atoms with Gasteiger partial charge >= 0.3 is 11.4 Å². The van der Waals surface area contributed by atoms with E-state index < -0.39 is 27.9 Å². The third kappa shape index (κ3) is 12.4. The molecule has 4 atom stereocenters. The maximum atomic E-state index is 14.1. The van der Waals surface area contributed by atoms with Gasteiger partial charge in [-0.1, -0.05) is 41.5 Å². The van der Waals surface area contributed by atoms with Crippen molar-refractivity contribution in [2.45, 2.75) is 137 Å². The fourth-order valence-electron chi connectivity index (χ4n) is 8.39. The van der Waals surface area contributed by atoms with E-state index in [2.05, 4.69) is 67.7 Å². The maximum absolute atomic E-state index is 14.1. The number of hydrogen-bond donors (Lipinski definition) is 0. The summed E-state index contributed by atoms with van der Waals surface area (Å²) in [6.07, 6.45) is 4.34. The van der Waals surface area contributed by atoms with Crippen LogP contribution in [0.5, 0.6) is 23.0 Å². The van der Waals surface area contributed by atoms with Gasteiger partial charge in [-0.2, -0.15) is 0 Å². The van der Waals surface area contributed by atoms with Gasteiger partial charge in [0.25, 0.3) is 11.8 Å². The second-order valence-corrected chi connectivity index (χ2v) is 23.4. The summed E-state index contributed by atoms with van der Waals surface area (Å²) in [5, 5.41) is 24.5. The summed E-state index contributed by atoms with van der Waals surface area (Å²) in [6, 6.07) is 4.92. The standard InChI is InChI=1S/C43H68N4O12Si2/c1-42(2,3)38(58-60(9)10)30-18-16-20-44(30)40(48)28-24-32(46(50)51)36(26-34(28)54-7)56-22-14-13-15-23-57-37-27-35(55-8)29(25-33(37)47(52)53)41(49)45-21-17-19-31(45)39(43(4,5)6)59-61(11)12/h24-27,30-31,38-39,60-61H,13-23H2,1-12H3/t30-,31?,38?,39?/m0/s1. The van der Waals surface area contributed by atoms with Crippen LogP contribution in [0, 0.1) is 31.1 Å². The predicted octanol–water partition coefficient (Wildman–Crippen LogP) is 8.19. The Kier molecular flexibility index (Phi) is 17.2. The van der Waals surface area contributed by atoms with Gasteiger partial charge in [-0.25, -0.2) is 0 Å². The van der Waals surface area contributed by atoms with E-state index in [1.807, 2.05) is 0 Å². The number of amides is 2. The van der Waals surface area contributed by atoms with E-state index in [1.54, 1.807) is 9.80 Å². The number of carbonyl (C=O) groups excluding carboxylic acids is 2. The van der Waals surface area contributed by atoms with Crippen LogP contribution in [0.15, 0.2) is 24.3 Å². The lowest BCUT2D eigenvalue weighted by Gasteiger charge is -2.40. The number of nitrogens with zero attached hydrogens (tertiary/aromatic N) is 4. The van der Waals surface area contributed by atoms with Gasteiger partial charge in [0.15, 0.2) is 18.1 Å². The van der Waals surface area contributed by atoms with Crippen molar-refractivity contribution in [2.24, 2.45) is 10.8 Å². The average molecular weight is 889 g/mol. The molecule has 2 aliphatic rings. The van der Waals surface area contributed by atoms with Crippen molar-refractivity contribution in [3.05, 3.63) is 55.6 Å². The van der Waals surface area contributed by atoms with Crippen LogP contribution in [0.25, 0.3) is 0 Å². The first-order valence-corrected chi connectivity index (χ1v) is 27.1. The molecule has 61 heavy (non-hydrogen) atoms. The van der Waals surface area contributed by atoms with Crippen LogP contribution in [0.4, 0.5) is 11.4 Å². The number of methoxy groups -OCH3 is 2. The molecule has 0 saturated carbocycles. The summed E-state index contributed by atoms with van der Waals surface area (Å²) in [7, 11) is -0.0617. The molecule has 16 nitrogen and oxygen atoms in total. The van der Waals surface area contributed by atoms with Crippen LogP contribution >= 0.6 is 0 Å². The summed E-state index contributed by atoms with van der Waals surface area (Å²) in [4.78, 5) is 55.0. The van der Waals surface area contributed by atoms with Crippen LogP contribution in [0.3, 0.4) is 0 Å². The maximum Gasteiger partial charge on any atom is 0.312 e. The van der Waals surface area contributed by atoms with E-state index in [4.69, 9.17) is 27.8 Å². The van der Waals surface area contributed by atoms with E-state index in [-0.39, 0.29) is 106 Å². The number of ether oxygens (including phenoxy) is 4. The minimum atomic E-state index is -1.44. The molecule has 2 saturated heterocycles. The normalized spacial score (nSPS) is 18.1. The molecule has 0 radical (unpaired) electrons. The Balaban J connectivity index is 1.40. The van der Waals surface area contributed by atoms with Gasteiger partial charge in [0, 0.05) is 37.4 Å². The van der Waals surface area contributed by atoms with E-state index in [1.165, 1.54) is 38.5 Å². The molecule has 0 bridgehead atoms. The SMILES string of the molecule is COc1cc(OCCCCCOc2cc(OC)c(C(=O)N3CCC[C@H]3C(O[SiH](C)C)C(C)(C)C)cc2[N+](=O)[O-])c([N+](=O)[O-])cc1C(=O)N1CCCC1C(O[SiH](C)C)C(C)(C)C. The highest BCUT2D eigenvalue weighted by molar-refractivity contribution is 6.48. The Labute approximate surface area is 364 Å². The molecule has 0 spiro atoms. The summed E-state index contributed by atoms with van der Waals surface area (Å²) >= 11 is 0. The molecule has 2 aromatic rings. The van der Waals surface area contributed by atoms with Gasteiger partial charge < -0.3 is 37.6 Å². The van der Waals surface area contributed by atoms with E-state index in [0.29, 0.717) is 32.4 Å². The zero-order valence-corrected chi connectivity index (χ0v) is 40.5. The number of nitro benzene ring substituents is 2. The number of unbranched alkanes of at least 4 members (excludes halogenated alkanes) is 2. The number of carbonyl (C=O) groups is 2. The van der Waals surface area contributed by atoms with E-state index >= 15 is 0 Å². The zero-order valence-electron chi connectivity index (χ0n) is 38.2. The molecule has 0 N–H and O–H groups in total. The largest absolute Gasteiger partial charge is 0.496 e. The lowest BCUT2D eigenvalue weighted by molar-refractivity contribution is -0.386. The van der Waals surface area contributed by atoms with E-state index in [0.717, 1.165) is 25.7 Å². The first-order chi connectivity index (χ1) is 28.6. The molecule has 4 rings (SSSR count). The van der Waals surface area contributed by atoms with Crippen molar-refractivity contribution in [2.75, 3.05) is 40.5 Å². The number of likely N-dealkylation sites (tertiary alicyclic amines) is 2. The van der Waals surface area contributed by atoms with Crippen molar-refractivity contribution in [1.82, 2.24) is 9.80 Å². The van der Waals surface area contributed by atoms with Crippen LogP contribution in [0.1, 0.15) is 107 Å². The number of nitro groups is 2. The quantitative estimate of drug-likeness (QED) is 0.0539. The molecule has 2 aromatic carbocycles. The second-order valence-electron chi connectivity index (χ2n) is 18.7. The van der Waals surface area contributed by atoms with Gasteiger partial charge in [0.1, 0.15) is 11.5 Å². The Morgan fingerprint density at radius 2 is 1.02 bits per heavy atom. The highest BCUT2D eigenvalue weighted by Gasteiger charge is 2.44. The van der Waals surface area contributed by atoms with Crippen LogP contribution < -0.4 is 18.9 Å². The highest BCUT2D eigenvalue weighted by atomic mass is 28.3. The fourth-order valence-corrected chi connectivity index (χ4v) is 10.7. The van der Waals surface area contributed by atoms with Crippen LogP contribution in [0.2, 0.25) is 26.2 Å². The molecule has 2 heterocycles. The smallest absolute Gasteiger partial charge is 0.312 e. The fraction of sp³-hybridized carbons (Fsp3) is 0.674.